The number of para-hydroxylation sites is 1. The monoisotopic (exact) mass is 332 g/mol. The lowest BCUT2D eigenvalue weighted by Crippen LogP contribution is -2.15. The van der Waals surface area contributed by atoms with Gasteiger partial charge in [0.1, 0.15) is 5.82 Å². The highest BCUT2D eigenvalue weighted by Gasteiger charge is 2.23. The van der Waals surface area contributed by atoms with Gasteiger partial charge in [-0.25, -0.2) is 4.39 Å². The Balaban J connectivity index is 2.36. The molecule has 5 heteroatoms. The van der Waals surface area contributed by atoms with E-state index in [-0.39, 0.29) is 12.5 Å². The standard InChI is InChI=1S/C19H21FO4/c1-12(2)24-17-6-4-5-14(18(17)23-3)11-16(19(21)22)13-7-9-15(20)10-8-13/h4-10,12,16H,11H2,1-3H3,(H,21,22). The second-order valence-corrected chi connectivity index (χ2v) is 5.76. The number of hydrogen-bond acceptors (Lipinski definition) is 3. The highest BCUT2D eigenvalue weighted by molar-refractivity contribution is 5.76. The lowest BCUT2D eigenvalue weighted by Gasteiger charge is -2.19. The molecule has 0 aliphatic rings. The van der Waals surface area contributed by atoms with Crippen LogP contribution in [-0.2, 0) is 11.2 Å². The highest BCUT2D eigenvalue weighted by Crippen LogP contribution is 2.35. The van der Waals surface area contributed by atoms with E-state index >= 15 is 0 Å². The minimum Gasteiger partial charge on any atom is -0.493 e. The maximum Gasteiger partial charge on any atom is 0.311 e. The smallest absolute Gasteiger partial charge is 0.311 e. The van der Waals surface area contributed by atoms with Crippen molar-refractivity contribution in [3.63, 3.8) is 0 Å². The Labute approximate surface area is 140 Å². The van der Waals surface area contributed by atoms with Crippen molar-refractivity contribution >= 4 is 5.97 Å². The van der Waals surface area contributed by atoms with E-state index in [4.69, 9.17) is 9.47 Å². The molecule has 0 heterocycles. The third kappa shape index (κ3) is 4.25. The predicted molar refractivity (Wildman–Crippen MR) is 89.2 cm³/mol. The zero-order chi connectivity index (χ0) is 17.7. The molecule has 0 spiro atoms. The van der Waals surface area contributed by atoms with Gasteiger partial charge < -0.3 is 14.6 Å². The molecular weight excluding hydrogens is 311 g/mol. The fourth-order valence-corrected chi connectivity index (χ4v) is 2.56. The molecule has 24 heavy (non-hydrogen) atoms. The third-order valence-electron chi connectivity index (χ3n) is 3.62. The molecule has 0 aliphatic heterocycles. The molecule has 0 bridgehead atoms. The number of ether oxygens (including phenoxy) is 2. The van der Waals surface area contributed by atoms with Gasteiger partial charge in [0, 0.05) is 0 Å². The second kappa shape index (κ2) is 7.81. The molecule has 0 saturated heterocycles. The van der Waals surface area contributed by atoms with Crippen molar-refractivity contribution in [2.24, 2.45) is 0 Å². The van der Waals surface area contributed by atoms with Gasteiger partial charge in [0.25, 0.3) is 0 Å². The van der Waals surface area contributed by atoms with Gasteiger partial charge in [-0.15, -0.1) is 0 Å². The SMILES string of the molecule is COc1c(CC(C(=O)O)c2ccc(F)cc2)cccc1OC(C)C. The minimum atomic E-state index is -0.973. The summed E-state index contributed by atoms with van der Waals surface area (Å²) < 4.78 is 24.2. The quantitative estimate of drug-likeness (QED) is 0.831. The summed E-state index contributed by atoms with van der Waals surface area (Å²) in [6, 6.07) is 10.9. The van der Waals surface area contributed by atoms with Crippen LogP contribution in [0.25, 0.3) is 0 Å². The van der Waals surface area contributed by atoms with E-state index in [0.29, 0.717) is 17.1 Å². The Morgan fingerprint density at radius 2 is 1.83 bits per heavy atom. The van der Waals surface area contributed by atoms with Gasteiger partial charge in [-0.1, -0.05) is 24.3 Å². The van der Waals surface area contributed by atoms with Crippen LogP contribution >= 0.6 is 0 Å². The van der Waals surface area contributed by atoms with E-state index in [1.807, 2.05) is 19.9 Å². The Morgan fingerprint density at radius 3 is 2.38 bits per heavy atom. The van der Waals surface area contributed by atoms with Crippen LogP contribution in [0.5, 0.6) is 11.5 Å². The molecule has 0 aliphatic carbocycles. The van der Waals surface area contributed by atoms with Crippen molar-refractivity contribution in [3.8, 4) is 11.5 Å². The average Bonchev–Trinajstić information content (AvgIpc) is 2.53. The first-order chi connectivity index (χ1) is 11.4. The summed E-state index contributed by atoms with van der Waals surface area (Å²) in [7, 11) is 1.53. The first kappa shape index (κ1) is 17.8. The Hall–Kier alpha value is -2.56. The molecule has 1 unspecified atom stereocenters. The molecule has 0 saturated carbocycles. The van der Waals surface area contributed by atoms with E-state index in [2.05, 4.69) is 0 Å². The normalized spacial score (nSPS) is 12.0. The van der Waals surface area contributed by atoms with Crippen molar-refractivity contribution in [3.05, 3.63) is 59.4 Å². The average molecular weight is 332 g/mol. The molecule has 4 nitrogen and oxygen atoms in total. The van der Waals surface area contributed by atoms with Crippen molar-refractivity contribution in [2.75, 3.05) is 7.11 Å². The van der Waals surface area contributed by atoms with Crippen LogP contribution < -0.4 is 9.47 Å². The van der Waals surface area contributed by atoms with Crippen molar-refractivity contribution < 1.29 is 23.8 Å². The first-order valence-corrected chi connectivity index (χ1v) is 7.73. The van der Waals surface area contributed by atoms with Crippen molar-refractivity contribution in [1.82, 2.24) is 0 Å². The van der Waals surface area contributed by atoms with Crippen molar-refractivity contribution in [2.45, 2.75) is 32.3 Å². The molecule has 2 rings (SSSR count). The molecule has 2 aromatic rings. The summed E-state index contributed by atoms with van der Waals surface area (Å²) in [4.78, 5) is 11.7. The number of carboxylic acids is 1. The van der Waals surface area contributed by atoms with E-state index in [9.17, 15) is 14.3 Å². The summed E-state index contributed by atoms with van der Waals surface area (Å²) in [6.07, 6.45) is 0.195. The van der Waals surface area contributed by atoms with Gasteiger partial charge in [0.15, 0.2) is 11.5 Å². The Morgan fingerprint density at radius 1 is 1.17 bits per heavy atom. The van der Waals surface area contributed by atoms with Gasteiger partial charge in [-0.3, -0.25) is 4.79 Å². The van der Waals surface area contributed by atoms with Gasteiger partial charge in [-0.2, -0.15) is 0 Å². The van der Waals surface area contributed by atoms with E-state index < -0.39 is 17.7 Å². The first-order valence-electron chi connectivity index (χ1n) is 7.73. The van der Waals surface area contributed by atoms with E-state index in [1.54, 1.807) is 12.1 Å². The molecule has 128 valence electrons. The maximum absolute atomic E-state index is 13.1. The zero-order valence-electron chi connectivity index (χ0n) is 14.0. The number of carbonyl (C=O) groups is 1. The number of carboxylic acid groups (broad SMARTS) is 1. The maximum atomic E-state index is 13.1. The van der Waals surface area contributed by atoms with Crippen LogP contribution in [-0.4, -0.2) is 24.3 Å². The molecule has 0 fully saturated rings. The van der Waals surface area contributed by atoms with Gasteiger partial charge in [0.2, 0.25) is 0 Å². The van der Waals surface area contributed by atoms with Crippen LogP contribution in [0.3, 0.4) is 0 Å². The van der Waals surface area contributed by atoms with Crippen LogP contribution in [0.1, 0.15) is 30.9 Å². The summed E-state index contributed by atoms with van der Waals surface area (Å²) in [5.74, 6) is -1.06. The molecule has 2 aromatic carbocycles. The number of hydrogen-bond donors (Lipinski definition) is 1. The molecular formula is C19H21FO4. The molecule has 0 radical (unpaired) electrons. The summed E-state index contributed by atoms with van der Waals surface area (Å²) in [6.45, 7) is 3.81. The molecule has 1 N–H and O–H groups in total. The number of halogens is 1. The molecule has 0 aromatic heterocycles. The van der Waals surface area contributed by atoms with Crippen LogP contribution in [0, 0.1) is 5.82 Å². The number of methoxy groups -OCH3 is 1. The van der Waals surface area contributed by atoms with Gasteiger partial charge in [-0.05, 0) is 49.6 Å². The minimum absolute atomic E-state index is 0.0264. The fourth-order valence-electron chi connectivity index (χ4n) is 2.56. The Kier molecular flexibility index (Phi) is 5.79. The molecule has 1 atom stereocenters. The Bertz CT molecular complexity index is 695. The summed E-state index contributed by atoms with van der Waals surface area (Å²) >= 11 is 0. The predicted octanol–water partition coefficient (Wildman–Crippen LogP) is 4.03. The fraction of sp³-hybridized carbons (Fsp3) is 0.316. The highest BCUT2D eigenvalue weighted by atomic mass is 19.1. The lowest BCUT2D eigenvalue weighted by molar-refractivity contribution is -0.138. The van der Waals surface area contributed by atoms with Crippen molar-refractivity contribution in [1.29, 1.82) is 0 Å². The van der Waals surface area contributed by atoms with Gasteiger partial charge >= 0.3 is 5.97 Å². The van der Waals surface area contributed by atoms with E-state index in [0.717, 1.165) is 5.56 Å². The van der Waals surface area contributed by atoms with Crippen LogP contribution in [0.2, 0.25) is 0 Å². The summed E-state index contributed by atoms with van der Waals surface area (Å²) in [5, 5.41) is 9.57. The number of rotatable bonds is 7. The summed E-state index contributed by atoms with van der Waals surface area (Å²) in [5.41, 5.74) is 1.27. The zero-order valence-corrected chi connectivity index (χ0v) is 14.0. The lowest BCUT2D eigenvalue weighted by atomic mass is 9.91. The number of benzene rings is 2. The van der Waals surface area contributed by atoms with Crippen LogP contribution in [0.4, 0.5) is 4.39 Å². The third-order valence-corrected chi connectivity index (χ3v) is 3.62. The topological polar surface area (TPSA) is 55.8 Å². The van der Waals surface area contributed by atoms with E-state index in [1.165, 1.54) is 31.4 Å². The largest absolute Gasteiger partial charge is 0.493 e. The number of aliphatic carboxylic acids is 1. The van der Waals surface area contributed by atoms with Crippen LogP contribution in [0.15, 0.2) is 42.5 Å². The molecule has 0 amide bonds. The van der Waals surface area contributed by atoms with Gasteiger partial charge in [0.05, 0.1) is 19.1 Å². The second-order valence-electron chi connectivity index (χ2n) is 5.76.